The Morgan fingerprint density at radius 3 is 2.66 bits per heavy atom. The van der Waals surface area contributed by atoms with Crippen molar-refractivity contribution in [1.29, 1.82) is 0 Å². The van der Waals surface area contributed by atoms with E-state index in [-0.39, 0.29) is 11.7 Å². The number of thioether (sulfide) groups is 1. The predicted octanol–water partition coefficient (Wildman–Crippen LogP) is 4.90. The minimum atomic E-state index is -0.237. The van der Waals surface area contributed by atoms with Crippen LogP contribution < -0.4 is 10.2 Å². The normalized spacial score (nSPS) is 11.1. The highest BCUT2D eigenvalue weighted by Gasteiger charge is 2.17. The van der Waals surface area contributed by atoms with Gasteiger partial charge < -0.3 is 4.74 Å². The lowest BCUT2D eigenvalue weighted by Gasteiger charge is -2.11. The zero-order chi connectivity index (χ0) is 22.3. The van der Waals surface area contributed by atoms with Crippen molar-refractivity contribution in [3.63, 3.8) is 0 Å². The van der Waals surface area contributed by atoms with E-state index in [0.29, 0.717) is 16.0 Å². The molecule has 1 N–H and O–H groups in total. The number of thiophene rings is 1. The zero-order valence-electron chi connectivity index (χ0n) is 16.9. The molecule has 0 aliphatic carbocycles. The molecule has 2 aromatic carbocycles. The van der Waals surface area contributed by atoms with Crippen LogP contribution in [0, 0.1) is 0 Å². The van der Waals surface area contributed by atoms with Gasteiger partial charge in [0, 0.05) is 21.2 Å². The molecule has 0 saturated heterocycles. The zero-order valence-corrected chi connectivity index (χ0v) is 19.3. The maximum Gasteiger partial charge on any atom is 0.250 e. The summed E-state index contributed by atoms with van der Waals surface area (Å²) >= 11 is 8.88. The number of ether oxygens (including phenoxy) is 1. The lowest BCUT2D eigenvalue weighted by Crippen LogP contribution is -2.19. The Morgan fingerprint density at radius 2 is 1.97 bits per heavy atom. The number of methoxy groups -OCH3 is 1. The van der Waals surface area contributed by atoms with Crippen LogP contribution in [0.5, 0.6) is 5.75 Å². The molecule has 4 aromatic rings. The summed E-state index contributed by atoms with van der Waals surface area (Å²) in [7, 11) is 1.62. The van der Waals surface area contributed by atoms with Crippen LogP contribution in [0.15, 0.2) is 76.3 Å². The van der Waals surface area contributed by atoms with Crippen LogP contribution in [-0.4, -0.2) is 39.7 Å². The van der Waals surface area contributed by atoms with Crippen LogP contribution in [0.2, 0.25) is 5.02 Å². The van der Waals surface area contributed by atoms with Crippen molar-refractivity contribution in [3.05, 3.63) is 75.9 Å². The molecule has 0 radical (unpaired) electrons. The fraction of sp³-hybridized carbons (Fsp3) is 0.0909. The van der Waals surface area contributed by atoms with Crippen LogP contribution in [0.3, 0.4) is 0 Å². The molecule has 10 heteroatoms. The van der Waals surface area contributed by atoms with Crippen molar-refractivity contribution in [2.45, 2.75) is 5.16 Å². The molecule has 2 aromatic heterocycles. The summed E-state index contributed by atoms with van der Waals surface area (Å²) in [6.07, 6.45) is 1.62. The van der Waals surface area contributed by atoms with E-state index in [4.69, 9.17) is 16.3 Å². The molecule has 0 aliphatic rings. The Morgan fingerprint density at radius 1 is 1.19 bits per heavy atom. The third-order valence-electron chi connectivity index (χ3n) is 4.32. The summed E-state index contributed by atoms with van der Waals surface area (Å²) in [6.45, 7) is 0. The van der Waals surface area contributed by atoms with Crippen molar-refractivity contribution >= 4 is 46.8 Å². The number of rotatable bonds is 8. The second-order valence-corrected chi connectivity index (χ2v) is 8.80. The Bertz CT molecular complexity index is 1210. The van der Waals surface area contributed by atoms with Gasteiger partial charge >= 0.3 is 0 Å². The van der Waals surface area contributed by atoms with Crippen molar-refractivity contribution in [2.24, 2.45) is 5.10 Å². The highest BCUT2D eigenvalue weighted by molar-refractivity contribution is 7.99. The second kappa shape index (κ2) is 10.4. The van der Waals surface area contributed by atoms with Crippen LogP contribution in [0.25, 0.3) is 17.1 Å². The standard InChI is InChI=1S/C22H18ClN5O2S2/c1-30-18-10-4-15(5-11-18)21-26-27-22(28(21)17-8-6-16(23)7-9-17)32-14-20(29)25-24-13-19-3-2-12-31-19/h2-13H,14H2,1H3,(H,25,29)/b24-13-. The first kappa shape index (κ1) is 22.1. The minimum Gasteiger partial charge on any atom is -0.497 e. The van der Waals surface area contributed by atoms with E-state index < -0.39 is 0 Å². The van der Waals surface area contributed by atoms with Gasteiger partial charge in [0.1, 0.15) is 5.75 Å². The van der Waals surface area contributed by atoms with E-state index in [1.165, 1.54) is 11.8 Å². The maximum absolute atomic E-state index is 12.3. The molecule has 0 saturated carbocycles. The fourth-order valence-electron chi connectivity index (χ4n) is 2.81. The summed E-state index contributed by atoms with van der Waals surface area (Å²) < 4.78 is 7.14. The molecule has 0 bridgehead atoms. The molecular formula is C22H18ClN5O2S2. The Kier molecular flexibility index (Phi) is 7.21. The van der Waals surface area contributed by atoms with Gasteiger partial charge in [-0.15, -0.1) is 21.5 Å². The molecule has 32 heavy (non-hydrogen) atoms. The van der Waals surface area contributed by atoms with Gasteiger partial charge in [-0.3, -0.25) is 9.36 Å². The van der Waals surface area contributed by atoms with Crippen molar-refractivity contribution in [1.82, 2.24) is 20.2 Å². The number of hydrogen-bond donors (Lipinski definition) is 1. The van der Waals surface area contributed by atoms with Crippen molar-refractivity contribution < 1.29 is 9.53 Å². The lowest BCUT2D eigenvalue weighted by atomic mass is 10.2. The molecule has 4 rings (SSSR count). The lowest BCUT2D eigenvalue weighted by molar-refractivity contribution is -0.118. The minimum absolute atomic E-state index is 0.135. The maximum atomic E-state index is 12.3. The van der Waals surface area contributed by atoms with Gasteiger partial charge in [-0.1, -0.05) is 29.4 Å². The van der Waals surface area contributed by atoms with E-state index in [0.717, 1.165) is 21.9 Å². The van der Waals surface area contributed by atoms with E-state index in [1.807, 2.05) is 58.5 Å². The molecule has 0 aliphatic heterocycles. The monoisotopic (exact) mass is 483 g/mol. The number of benzene rings is 2. The van der Waals surface area contributed by atoms with E-state index in [9.17, 15) is 4.79 Å². The van der Waals surface area contributed by atoms with Gasteiger partial charge in [0.05, 0.1) is 19.1 Å². The molecule has 2 heterocycles. The molecule has 0 unspecified atom stereocenters. The number of carbonyl (C=O) groups is 1. The first-order valence-corrected chi connectivity index (χ1v) is 11.7. The predicted molar refractivity (Wildman–Crippen MR) is 129 cm³/mol. The van der Waals surface area contributed by atoms with Gasteiger partial charge in [-0.2, -0.15) is 5.10 Å². The van der Waals surface area contributed by atoms with Crippen molar-refractivity contribution in [3.8, 4) is 22.8 Å². The van der Waals surface area contributed by atoms with E-state index in [2.05, 4.69) is 20.7 Å². The Hall–Kier alpha value is -3.14. The quantitative estimate of drug-likeness (QED) is 0.219. The highest BCUT2D eigenvalue weighted by atomic mass is 35.5. The summed E-state index contributed by atoms with van der Waals surface area (Å²) in [5, 5.41) is 15.8. The number of halogens is 1. The number of hydrogen-bond acceptors (Lipinski definition) is 7. The number of carbonyl (C=O) groups excluding carboxylic acids is 1. The van der Waals surface area contributed by atoms with Gasteiger partial charge in [0.15, 0.2) is 11.0 Å². The molecule has 162 valence electrons. The van der Waals surface area contributed by atoms with Gasteiger partial charge in [0.25, 0.3) is 5.91 Å². The number of aromatic nitrogens is 3. The smallest absolute Gasteiger partial charge is 0.250 e. The summed E-state index contributed by atoms with van der Waals surface area (Å²) in [5.41, 5.74) is 4.24. The Balaban J connectivity index is 1.55. The number of nitrogens with one attached hydrogen (secondary N) is 1. The average Bonchev–Trinajstić information content (AvgIpc) is 3.48. The molecule has 0 fully saturated rings. The first-order valence-electron chi connectivity index (χ1n) is 9.48. The van der Waals surface area contributed by atoms with Crippen LogP contribution in [0.4, 0.5) is 0 Å². The van der Waals surface area contributed by atoms with Gasteiger partial charge in [-0.25, -0.2) is 5.43 Å². The first-order chi connectivity index (χ1) is 15.6. The third-order valence-corrected chi connectivity index (χ3v) is 6.31. The van der Waals surface area contributed by atoms with Crippen LogP contribution >= 0.6 is 34.7 Å². The van der Waals surface area contributed by atoms with Gasteiger partial charge in [-0.05, 0) is 60.0 Å². The Labute approximate surface area is 198 Å². The topological polar surface area (TPSA) is 81.4 Å². The average molecular weight is 484 g/mol. The molecule has 1 amide bonds. The third kappa shape index (κ3) is 5.37. The summed E-state index contributed by atoms with van der Waals surface area (Å²) in [5.74, 6) is 1.30. The molecule has 7 nitrogen and oxygen atoms in total. The number of nitrogens with zero attached hydrogens (tertiary/aromatic N) is 4. The summed E-state index contributed by atoms with van der Waals surface area (Å²) in [6, 6.07) is 18.8. The summed E-state index contributed by atoms with van der Waals surface area (Å²) in [4.78, 5) is 13.2. The van der Waals surface area contributed by atoms with Crippen molar-refractivity contribution in [2.75, 3.05) is 12.9 Å². The molecule has 0 spiro atoms. The number of amides is 1. The second-order valence-electron chi connectivity index (χ2n) is 6.44. The highest BCUT2D eigenvalue weighted by Crippen LogP contribution is 2.29. The number of hydrazone groups is 1. The van der Waals surface area contributed by atoms with E-state index >= 15 is 0 Å². The SMILES string of the molecule is COc1ccc(-c2nnc(SCC(=O)N/N=C\c3cccs3)n2-c2ccc(Cl)cc2)cc1. The van der Waals surface area contributed by atoms with Crippen LogP contribution in [-0.2, 0) is 4.79 Å². The fourth-order valence-corrected chi connectivity index (χ4v) is 4.26. The largest absolute Gasteiger partial charge is 0.497 e. The van der Waals surface area contributed by atoms with E-state index in [1.54, 1.807) is 36.8 Å². The molecule has 0 atom stereocenters. The van der Waals surface area contributed by atoms with Crippen LogP contribution in [0.1, 0.15) is 4.88 Å². The molecular weight excluding hydrogens is 466 g/mol. The van der Waals surface area contributed by atoms with Gasteiger partial charge in [0.2, 0.25) is 0 Å².